The summed E-state index contributed by atoms with van der Waals surface area (Å²) in [6.07, 6.45) is 1.51. The second-order valence-electron chi connectivity index (χ2n) is 8.39. The first kappa shape index (κ1) is 18.8. The summed E-state index contributed by atoms with van der Waals surface area (Å²) in [6.45, 7) is 10.2. The molecule has 1 fully saturated rings. The largest absolute Gasteiger partial charge is 0.354 e. The molecule has 8 nitrogen and oxygen atoms in total. The topological polar surface area (TPSA) is 85.4 Å². The Hall–Kier alpha value is -3.18. The fourth-order valence-corrected chi connectivity index (χ4v) is 4.54. The van der Waals surface area contributed by atoms with Crippen LogP contribution in [-0.4, -0.2) is 52.3 Å². The van der Waals surface area contributed by atoms with Gasteiger partial charge in [-0.05, 0) is 29.7 Å². The van der Waals surface area contributed by atoms with Gasteiger partial charge in [0.2, 0.25) is 0 Å². The van der Waals surface area contributed by atoms with Crippen LogP contribution in [0, 0.1) is 17.2 Å². The van der Waals surface area contributed by atoms with Crippen LogP contribution in [0.15, 0.2) is 30.6 Å². The zero-order chi connectivity index (χ0) is 20.7. The van der Waals surface area contributed by atoms with Crippen molar-refractivity contribution in [3.8, 4) is 6.07 Å². The number of aromatic nitrogens is 4. The fourth-order valence-electron chi connectivity index (χ4n) is 4.54. The standard InChI is InChI=1S/C22H26N8/c1-15(2)18-13-29(20-6-4-16(11-23)22-25-14-26-30(20)22)12-17-3-5-19(27-21(17)18)28-9-7-24-8-10-28/h3-6,14-15,18,24H,7-10,12-13H2,1-2H3/t18-/m1/s1. The van der Waals surface area contributed by atoms with Crippen molar-refractivity contribution in [1.29, 1.82) is 5.26 Å². The lowest BCUT2D eigenvalue weighted by Gasteiger charge is -2.38. The number of nitrogens with zero attached hydrogens (tertiary/aromatic N) is 7. The van der Waals surface area contributed by atoms with Crippen molar-refractivity contribution in [2.45, 2.75) is 26.3 Å². The van der Waals surface area contributed by atoms with Crippen molar-refractivity contribution in [2.24, 2.45) is 5.92 Å². The molecular formula is C22H26N8. The van der Waals surface area contributed by atoms with Crippen molar-refractivity contribution in [2.75, 3.05) is 42.5 Å². The Morgan fingerprint density at radius 3 is 2.73 bits per heavy atom. The summed E-state index contributed by atoms with van der Waals surface area (Å²) in [5.41, 5.74) is 3.63. The maximum absolute atomic E-state index is 9.37. The first-order valence-electron chi connectivity index (χ1n) is 10.6. The van der Waals surface area contributed by atoms with Gasteiger partial charge in [-0.3, -0.25) is 0 Å². The summed E-state index contributed by atoms with van der Waals surface area (Å²) >= 11 is 0. The molecule has 0 spiro atoms. The van der Waals surface area contributed by atoms with E-state index < -0.39 is 0 Å². The third-order valence-corrected chi connectivity index (χ3v) is 6.22. The van der Waals surface area contributed by atoms with Gasteiger partial charge in [-0.25, -0.2) is 9.97 Å². The number of fused-ring (bicyclic) bond motifs is 2. The Labute approximate surface area is 176 Å². The highest BCUT2D eigenvalue weighted by Crippen LogP contribution is 2.36. The van der Waals surface area contributed by atoms with Crippen LogP contribution in [0.5, 0.6) is 0 Å². The van der Waals surface area contributed by atoms with Gasteiger partial charge in [-0.1, -0.05) is 19.9 Å². The Kier molecular flexibility index (Phi) is 4.75. The molecule has 1 saturated heterocycles. The van der Waals surface area contributed by atoms with Gasteiger partial charge in [-0.2, -0.15) is 14.9 Å². The molecule has 5 heterocycles. The highest BCUT2D eigenvalue weighted by atomic mass is 15.4. The summed E-state index contributed by atoms with van der Waals surface area (Å²) in [4.78, 5) is 14.1. The molecule has 0 amide bonds. The zero-order valence-electron chi connectivity index (χ0n) is 17.4. The number of hydrogen-bond acceptors (Lipinski definition) is 7. The van der Waals surface area contributed by atoms with Gasteiger partial charge < -0.3 is 15.1 Å². The number of pyridine rings is 2. The number of nitrogens with one attached hydrogen (secondary N) is 1. The third-order valence-electron chi connectivity index (χ3n) is 6.22. The van der Waals surface area contributed by atoms with E-state index in [0.29, 0.717) is 23.0 Å². The van der Waals surface area contributed by atoms with E-state index in [4.69, 9.17) is 4.98 Å². The van der Waals surface area contributed by atoms with E-state index in [1.165, 1.54) is 17.6 Å². The minimum Gasteiger partial charge on any atom is -0.354 e. The Balaban J connectivity index is 1.52. The number of hydrogen-bond donors (Lipinski definition) is 1. The van der Waals surface area contributed by atoms with Gasteiger partial charge in [0.1, 0.15) is 24.0 Å². The van der Waals surface area contributed by atoms with Gasteiger partial charge in [0, 0.05) is 45.2 Å². The smallest absolute Gasteiger partial charge is 0.175 e. The van der Waals surface area contributed by atoms with Crippen molar-refractivity contribution in [1.82, 2.24) is 24.9 Å². The van der Waals surface area contributed by atoms with Crippen LogP contribution in [-0.2, 0) is 6.54 Å². The summed E-state index contributed by atoms with van der Waals surface area (Å²) in [7, 11) is 0. The molecular weight excluding hydrogens is 376 g/mol. The molecule has 8 heteroatoms. The molecule has 1 N–H and O–H groups in total. The number of anilines is 2. The van der Waals surface area contributed by atoms with Crippen LogP contribution in [0.4, 0.5) is 11.6 Å². The predicted octanol–water partition coefficient (Wildman–Crippen LogP) is 2.17. The molecule has 0 aromatic carbocycles. The second kappa shape index (κ2) is 7.58. The summed E-state index contributed by atoms with van der Waals surface area (Å²) in [5.74, 6) is 2.84. The van der Waals surface area contributed by atoms with Gasteiger partial charge in [0.05, 0.1) is 11.3 Å². The monoisotopic (exact) mass is 402 g/mol. The van der Waals surface area contributed by atoms with E-state index in [0.717, 1.165) is 50.9 Å². The van der Waals surface area contributed by atoms with Gasteiger partial charge in [-0.15, -0.1) is 0 Å². The van der Waals surface area contributed by atoms with E-state index >= 15 is 0 Å². The first-order valence-corrected chi connectivity index (χ1v) is 10.6. The van der Waals surface area contributed by atoms with Crippen molar-refractivity contribution >= 4 is 17.3 Å². The Bertz CT molecular complexity index is 1110. The highest BCUT2D eigenvalue weighted by molar-refractivity contribution is 5.61. The summed E-state index contributed by atoms with van der Waals surface area (Å²) in [5, 5.41) is 17.2. The van der Waals surface area contributed by atoms with Crippen molar-refractivity contribution in [3.05, 3.63) is 47.4 Å². The van der Waals surface area contributed by atoms with Crippen LogP contribution < -0.4 is 15.1 Å². The highest BCUT2D eigenvalue weighted by Gasteiger charge is 2.31. The summed E-state index contributed by atoms with van der Waals surface area (Å²) < 4.78 is 1.78. The van der Waals surface area contributed by atoms with Gasteiger partial charge >= 0.3 is 0 Å². The number of piperazine rings is 1. The fraction of sp³-hybridized carbons (Fsp3) is 0.455. The Morgan fingerprint density at radius 1 is 1.13 bits per heavy atom. The van der Waals surface area contributed by atoms with E-state index in [1.54, 1.807) is 4.52 Å². The molecule has 3 aromatic heterocycles. The first-order chi connectivity index (χ1) is 14.7. The minimum atomic E-state index is 0.325. The average Bonchev–Trinajstić information content (AvgIpc) is 3.28. The minimum absolute atomic E-state index is 0.325. The maximum Gasteiger partial charge on any atom is 0.175 e. The van der Waals surface area contributed by atoms with Crippen LogP contribution >= 0.6 is 0 Å². The zero-order valence-corrected chi connectivity index (χ0v) is 17.4. The molecule has 0 bridgehead atoms. The molecule has 154 valence electrons. The molecule has 30 heavy (non-hydrogen) atoms. The van der Waals surface area contributed by atoms with Crippen LogP contribution in [0.2, 0.25) is 0 Å². The SMILES string of the molecule is CC(C)[C@H]1CN(c2ccc(C#N)c3ncnn23)Cc2ccc(N3CCNCC3)nc21. The molecule has 0 aliphatic carbocycles. The second-order valence-corrected chi connectivity index (χ2v) is 8.39. The average molecular weight is 403 g/mol. The van der Waals surface area contributed by atoms with Crippen molar-refractivity contribution in [3.63, 3.8) is 0 Å². The molecule has 3 aromatic rings. The molecule has 0 saturated carbocycles. The third kappa shape index (κ3) is 3.15. The van der Waals surface area contributed by atoms with Crippen molar-refractivity contribution < 1.29 is 0 Å². The van der Waals surface area contributed by atoms with Crippen LogP contribution in [0.3, 0.4) is 0 Å². The van der Waals surface area contributed by atoms with Gasteiger partial charge in [0.15, 0.2) is 5.65 Å². The summed E-state index contributed by atoms with van der Waals surface area (Å²) in [6, 6.07) is 10.4. The predicted molar refractivity (Wildman–Crippen MR) is 116 cm³/mol. The lowest BCUT2D eigenvalue weighted by atomic mass is 9.86. The molecule has 2 aliphatic heterocycles. The van der Waals surface area contributed by atoms with Crippen LogP contribution in [0.25, 0.3) is 5.65 Å². The van der Waals surface area contributed by atoms with E-state index in [-0.39, 0.29) is 0 Å². The van der Waals surface area contributed by atoms with E-state index in [9.17, 15) is 5.26 Å². The number of nitriles is 1. The molecule has 1 atom stereocenters. The lowest BCUT2D eigenvalue weighted by molar-refractivity contribution is 0.452. The number of rotatable bonds is 3. The normalized spacial score (nSPS) is 19.2. The van der Waals surface area contributed by atoms with E-state index in [1.807, 2.05) is 12.1 Å². The molecule has 0 unspecified atom stereocenters. The van der Waals surface area contributed by atoms with Gasteiger partial charge in [0.25, 0.3) is 0 Å². The molecule has 2 aliphatic rings. The van der Waals surface area contributed by atoms with Crippen LogP contribution in [0.1, 0.15) is 36.6 Å². The Morgan fingerprint density at radius 2 is 1.97 bits per heavy atom. The maximum atomic E-state index is 9.37. The molecule has 5 rings (SSSR count). The molecule has 0 radical (unpaired) electrons. The quantitative estimate of drug-likeness (QED) is 0.718. The lowest BCUT2D eigenvalue weighted by Crippen LogP contribution is -2.44. The van der Waals surface area contributed by atoms with E-state index in [2.05, 4.69) is 57.2 Å².